The van der Waals surface area contributed by atoms with Gasteiger partial charge in [-0.15, -0.1) is 11.3 Å². The van der Waals surface area contributed by atoms with Crippen LogP contribution in [-0.4, -0.2) is 72.3 Å². The third-order valence-electron chi connectivity index (χ3n) is 8.47. The van der Waals surface area contributed by atoms with Crippen LogP contribution in [0.4, 0.5) is 0 Å². The van der Waals surface area contributed by atoms with Crippen molar-refractivity contribution >= 4 is 23.2 Å². The molecule has 0 aromatic carbocycles. The average molecular weight is 416 g/mol. The molecule has 1 aromatic heterocycles. The van der Waals surface area contributed by atoms with Crippen LogP contribution in [0.15, 0.2) is 17.5 Å². The number of carbonyl (C=O) groups is 2. The topological polar surface area (TPSA) is 43.9 Å². The van der Waals surface area contributed by atoms with E-state index in [2.05, 4.69) is 16.7 Å². The molecule has 2 atom stereocenters. The maximum atomic E-state index is 13.7. The number of nitrogens with zero attached hydrogens (tertiary/aromatic N) is 3. The van der Waals surface area contributed by atoms with Crippen LogP contribution in [0.25, 0.3) is 0 Å². The van der Waals surface area contributed by atoms with E-state index >= 15 is 0 Å². The number of carbonyl (C=O) groups excluding carboxylic acids is 2. The highest BCUT2D eigenvalue weighted by Gasteiger charge is 2.64. The van der Waals surface area contributed by atoms with Gasteiger partial charge >= 0.3 is 0 Å². The van der Waals surface area contributed by atoms with E-state index in [0.29, 0.717) is 11.8 Å². The number of fused-ring (bicyclic) bond motifs is 2. The molecule has 158 valence electrons. The highest BCUT2D eigenvalue weighted by Crippen LogP contribution is 2.62. The van der Waals surface area contributed by atoms with Crippen molar-refractivity contribution in [1.82, 2.24) is 14.7 Å². The molecule has 4 heterocycles. The molecular weight excluding hydrogens is 382 g/mol. The van der Waals surface area contributed by atoms with Crippen LogP contribution in [0, 0.1) is 16.7 Å². The highest BCUT2D eigenvalue weighted by molar-refractivity contribution is 7.12. The van der Waals surface area contributed by atoms with Crippen LogP contribution in [0.1, 0.15) is 55.1 Å². The summed E-state index contributed by atoms with van der Waals surface area (Å²) < 4.78 is 0. The monoisotopic (exact) mass is 415 g/mol. The van der Waals surface area contributed by atoms with E-state index in [1.54, 1.807) is 0 Å². The number of amides is 2. The van der Waals surface area contributed by atoms with Crippen molar-refractivity contribution in [2.75, 3.05) is 45.8 Å². The van der Waals surface area contributed by atoms with Gasteiger partial charge in [0, 0.05) is 39.3 Å². The molecule has 2 amide bonds. The lowest BCUT2D eigenvalue weighted by atomic mass is 9.65. The molecule has 0 radical (unpaired) electrons. The molecule has 1 aliphatic carbocycles. The van der Waals surface area contributed by atoms with Crippen molar-refractivity contribution < 1.29 is 9.59 Å². The number of likely N-dealkylation sites (tertiary alicyclic amines) is 3. The standard InChI is InChI=1S/C23H33N3O2S/c1-2-24-16-19-22(7-8-23(19,17-24)21(28)26-11-3-4-12-26)9-13-25(14-10-22)20(27)18-6-5-15-29-18/h5-6,15,19H,2-4,7-14,16-17H2,1H3/t19-,23+/m0/s1. The van der Waals surface area contributed by atoms with Gasteiger partial charge in [0.15, 0.2) is 0 Å². The predicted octanol–water partition coefficient (Wildman–Crippen LogP) is 3.32. The van der Waals surface area contributed by atoms with E-state index in [1.807, 2.05) is 22.4 Å². The van der Waals surface area contributed by atoms with Gasteiger partial charge in [0.2, 0.25) is 5.91 Å². The second-order valence-corrected chi connectivity index (χ2v) is 10.6. The Morgan fingerprint density at radius 3 is 2.48 bits per heavy atom. The third-order valence-corrected chi connectivity index (χ3v) is 9.32. The first-order valence-electron chi connectivity index (χ1n) is 11.4. The van der Waals surface area contributed by atoms with Crippen molar-refractivity contribution in [1.29, 1.82) is 0 Å². The van der Waals surface area contributed by atoms with Crippen molar-refractivity contribution in [3.05, 3.63) is 22.4 Å². The van der Waals surface area contributed by atoms with E-state index < -0.39 is 0 Å². The van der Waals surface area contributed by atoms with Crippen LogP contribution in [0.5, 0.6) is 0 Å². The van der Waals surface area contributed by atoms with Gasteiger partial charge in [-0.25, -0.2) is 0 Å². The van der Waals surface area contributed by atoms with Gasteiger partial charge in [0.1, 0.15) is 0 Å². The molecule has 0 N–H and O–H groups in total. The molecule has 29 heavy (non-hydrogen) atoms. The zero-order valence-corrected chi connectivity index (χ0v) is 18.4. The van der Waals surface area contributed by atoms with Gasteiger partial charge in [-0.2, -0.15) is 0 Å². The Kier molecular flexibility index (Phi) is 4.98. The summed E-state index contributed by atoms with van der Waals surface area (Å²) in [6, 6.07) is 3.89. The number of piperidine rings is 1. The van der Waals surface area contributed by atoms with Gasteiger partial charge in [0.05, 0.1) is 10.3 Å². The Balaban J connectivity index is 1.35. The van der Waals surface area contributed by atoms with Crippen molar-refractivity contribution in [3.63, 3.8) is 0 Å². The lowest BCUT2D eigenvalue weighted by Crippen LogP contribution is -2.50. The molecule has 4 fully saturated rings. The molecule has 1 spiro atoms. The molecular formula is C23H33N3O2S. The predicted molar refractivity (Wildman–Crippen MR) is 115 cm³/mol. The van der Waals surface area contributed by atoms with Gasteiger partial charge in [-0.1, -0.05) is 13.0 Å². The average Bonchev–Trinajstić information content (AvgIpc) is 3.53. The first-order chi connectivity index (χ1) is 14.1. The van der Waals surface area contributed by atoms with Gasteiger partial charge < -0.3 is 14.7 Å². The quantitative estimate of drug-likeness (QED) is 0.761. The summed E-state index contributed by atoms with van der Waals surface area (Å²) >= 11 is 1.54. The van der Waals surface area contributed by atoms with E-state index in [-0.39, 0.29) is 16.7 Å². The lowest BCUT2D eigenvalue weighted by Gasteiger charge is -2.44. The molecule has 1 saturated carbocycles. The highest BCUT2D eigenvalue weighted by atomic mass is 32.1. The van der Waals surface area contributed by atoms with E-state index in [1.165, 1.54) is 11.3 Å². The molecule has 5 nitrogen and oxygen atoms in total. The van der Waals surface area contributed by atoms with E-state index in [0.717, 1.165) is 89.2 Å². The number of hydrogen-bond donors (Lipinski definition) is 0. The summed E-state index contributed by atoms with van der Waals surface area (Å²) in [6.45, 7) is 8.86. The second-order valence-electron chi connectivity index (χ2n) is 9.67. The summed E-state index contributed by atoms with van der Waals surface area (Å²) in [5.41, 5.74) is 0.0752. The summed E-state index contributed by atoms with van der Waals surface area (Å²) in [5.74, 6) is 1.10. The fourth-order valence-corrected chi connectivity index (χ4v) is 7.49. The Labute approximate surface area is 178 Å². The normalized spacial score (nSPS) is 31.6. The van der Waals surface area contributed by atoms with Crippen molar-refractivity contribution in [3.8, 4) is 0 Å². The Morgan fingerprint density at radius 2 is 1.83 bits per heavy atom. The minimum absolute atomic E-state index is 0.166. The van der Waals surface area contributed by atoms with Gasteiger partial charge in [0.25, 0.3) is 5.91 Å². The summed E-state index contributed by atoms with van der Waals surface area (Å²) in [4.78, 5) is 34.1. The molecule has 3 aliphatic heterocycles. The van der Waals surface area contributed by atoms with Crippen LogP contribution in [0.2, 0.25) is 0 Å². The first kappa shape index (κ1) is 19.6. The Hall–Kier alpha value is -1.40. The summed E-state index contributed by atoms with van der Waals surface area (Å²) in [7, 11) is 0. The molecule has 4 aliphatic rings. The van der Waals surface area contributed by atoms with Crippen LogP contribution in [-0.2, 0) is 4.79 Å². The Morgan fingerprint density at radius 1 is 1.07 bits per heavy atom. The van der Waals surface area contributed by atoms with Crippen LogP contribution < -0.4 is 0 Å². The number of thiophene rings is 1. The minimum Gasteiger partial charge on any atom is -0.342 e. The first-order valence-corrected chi connectivity index (χ1v) is 12.3. The molecule has 0 unspecified atom stereocenters. The molecule has 0 bridgehead atoms. The molecule has 3 saturated heterocycles. The molecule has 6 heteroatoms. The summed E-state index contributed by atoms with van der Waals surface area (Å²) in [6.07, 6.45) is 6.64. The lowest BCUT2D eigenvalue weighted by molar-refractivity contribution is -0.142. The maximum Gasteiger partial charge on any atom is 0.263 e. The molecule has 5 rings (SSSR count). The van der Waals surface area contributed by atoms with E-state index in [4.69, 9.17) is 0 Å². The zero-order valence-electron chi connectivity index (χ0n) is 17.6. The number of hydrogen-bond acceptors (Lipinski definition) is 4. The van der Waals surface area contributed by atoms with Crippen molar-refractivity contribution in [2.45, 2.75) is 45.4 Å². The molecule has 1 aromatic rings. The smallest absolute Gasteiger partial charge is 0.263 e. The van der Waals surface area contributed by atoms with Gasteiger partial charge in [-0.3, -0.25) is 9.59 Å². The van der Waals surface area contributed by atoms with Crippen LogP contribution in [0.3, 0.4) is 0 Å². The number of rotatable bonds is 3. The zero-order chi connectivity index (χ0) is 20.1. The largest absolute Gasteiger partial charge is 0.342 e. The van der Waals surface area contributed by atoms with Crippen LogP contribution >= 0.6 is 11.3 Å². The minimum atomic E-state index is -0.166. The van der Waals surface area contributed by atoms with Gasteiger partial charge in [-0.05, 0) is 67.8 Å². The third kappa shape index (κ3) is 3.05. The maximum absolute atomic E-state index is 13.7. The fourth-order valence-electron chi connectivity index (χ4n) is 6.80. The second kappa shape index (κ2) is 7.38. The fraction of sp³-hybridized carbons (Fsp3) is 0.739. The van der Waals surface area contributed by atoms with Crippen molar-refractivity contribution in [2.24, 2.45) is 16.7 Å². The van der Waals surface area contributed by atoms with E-state index in [9.17, 15) is 9.59 Å². The SMILES string of the molecule is CCN1C[C@H]2C3(CCN(C(=O)c4cccs4)CC3)CC[C@@]2(C(=O)N2CCCC2)C1. The Bertz CT molecular complexity index is 765. The summed E-state index contributed by atoms with van der Waals surface area (Å²) in [5, 5.41) is 1.98.